The maximum atomic E-state index is 5.35. The molecule has 22 heavy (non-hydrogen) atoms. The van der Waals surface area contributed by atoms with E-state index in [9.17, 15) is 0 Å². The Kier molecular flexibility index (Phi) is 3.32. The first-order valence-corrected chi connectivity index (χ1v) is 7.11. The Balaban J connectivity index is 1.38. The fourth-order valence-electron chi connectivity index (χ4n) is 2.50. The van der Waals surface area contributed by atoms with Gasteiger partial charge in [0.25, 0.3) is 0 Å². The van der Waals surface area contributed by atoms with Gasteiger partial charge < -0.3 is 4.52 Å². The number of hydrogen-bond donors (Lipinski definition) is 0. The molecule has 0 aliphatic carbocycles. The first kappa shape index (κ1) is 13.0. The Labute approximate surface area is 127 Å². The molecule has 0 N–H and O–H groups in total. The van der Waals surface area contributed by atoms with Crippen LogP contribution in [0.2, 0.25) is 0 Å². The molecule has 1 aliphatic rings. The molecule has 7 heteroatoms. The fourth-order valence-corrected chi connectivity index (χ4v) is 2.50. The second-order valence-corrected chi connectivity index (χ2v) is 5.26. The number of nitrogens with zero attached hydrogens (tertiary/aromatic N) is 6. The zero-order valence-electron chi connectivity index (χ0n) is 11.8. The van der Waals surface area contributed by atoms with Gasteiger partial charge in [0.05, 0.1) is 17.8 Å². The molecular formula is C15H14N6O. The molecule has 4 rings (SSSR count). The van der Waals surface area contributed by atoms with Crippen LogP contribution in [0.5, 0.6) is 0 Å². The van der Waals surface area contributed by atoms with Crippen LogP contribution in [0, 0.1) is 0 Å². The minimum Gasteiger partial charge on any atom is -0.339 e. The summed E-state index contributed by atoms with van der Waals surface area (Å²) in [6.45, 7) is 2.65. The number of rotatable bonds is 4. The summed E-state index contributed by atoms with van der Waals surface area (Å²) < 4.78 is 5.35. The molecule has 0 bridgehead atoms. The largest absolute Gasteiger partial charge is 0.339 e. The SMILES string of the molecule is c1ccc(CN2CC(c3nc(-c4cnccn4)no3)C2)nc1. The van der Waals surface area contributed by atoms with Crippen molar-refractivity contribution in [1.82, 2.24) is 30.0 Å². The van der Waals surface area contributed by atoms with Gasteiger partial charge in [-0.3, -0.25) is 14.9 Å². The van der Waals surface area contributed by atoms with E-state index in [1.807, 2.05) is 24.4 Å². The Hall–Kier alpha value is -2.67. The minimum absolute atomic E-state index is 0.279. The molecule has 3 aromatic rings. The third-order valence-corrected chi connectivity index (χ3v) is 3.65. The maximum Gasteiger partial charge on any atom is 0.232 e. The lowest BCUT2D eigenvalue weighted by Crippen LogP contribution is -2.44. The third kappa shape index (κ3) is 2.58. The van der Waals surface area contributed by atoms with Gasteiger partial charge in [-0.15, -0.1) is 0 Å². The van der Waals surface area contributed by atoms with Crippen LogP contribution in [0.3, 0.4) is 0 Å². The van der Waals surface area contributed by atoms with Crippen molar-refractivity contribution in [2.75, 3.05) is 13.1 Å². The minimum atomic E-state index is 0.279. The molecule has 0 amide bonds. The van der Waals surface area contributed by atoms with Crippen molar-refractivity contribution in [2.45, 2.75) is 12.5 Å². The number of aromatic nitrogens is 5. The van der Waals surface area contributed by atoms with E-state index in [0.717, 1.165) is 25.3 Å². The topological polar surface area (TPSA) is 80.8 Å². The molecule has 0 saturated carbocycles. The van der Waals surface area contributed by atoms with Crippen LogP contribution in [0.25, 0.3) is 11.5 Å². The van der Waals surface area contributed by atoms with Gasteiger partial charge in [-0.05, 0) is 12.1 Å². The maximum absolute atomic E-state index is 5.35. The average molecular weight is 294 g/mol. The van der Waals surface area contributed by atoms with Crippen LogP contribution in [0.1, 0.15) is 17.5 Å². The molecule has 1 aliphatic heterocycles. The Bertz CT molecular complexity index is 739. The lowest BCUT2D eigenvalue weighted by molar-refractivity contribution is 0.116. The van der Waals surface area contributed by atoms with E-state index in [-0.39, 0.29) is 5.92 Å². The summed E-state index contributed by atoms with van der Waals surface area (Å²) in [6.07, 6.45) is 6.68. The highest BCUT2D eigenvalue weighted by molar-refractivity contribution is 5.45. The van der Waals surface area contributed by atoms with Gasteiger partial charge in [0.2, 0.25) is 11.7 Å². The smallest absolute Gasteiger partial charge is 0.232 e. The van der Waals surface area contributed by atoms with Crippen molar-refractivity contribution in [1.29, 1.82) is 0 Å². The fraction of sp³-hybridized carbons (Fsp3) is 0.267. The molecule has 1 fully saturated rings. The Morgan fingerprint density at radius 2 is 2.09 bits per heavy atom. The van der Waals surface area contributed by atoms with Gasteiger partial charge in [-0.2, -0.15) is 4.98 Å². The van der Waals surface area contributed by atoms with Gasteiger partial charge in [-0.25, -0.2) is 4.98 Å². The van der Waals surface area contributed by atoms with Crippen molar-refractivity contribution < 1.29 is 4.52 Å². The number of likely N-dealkylation sites (tertiary alicyclic amines) is 1. The van der Waals surface area contributed by atoms with E-state index in [1.165, 1.54) is 0 Å². The van der Waals surface area contributed by atoms with E-state index in [0.29, 0.717) is 17.4 Å². The van der Waals surface area contributed by atoms with E-state index in [1.54, 1.807) is 18.6 Å². The summed E-state index contributed by atoms with van der Waals surface area (Å²) in [7, 11) is 0. The molecule has 4 heterocycles. The van der Waals surface area contributed by atoms with Crippen molar-refractivity contribution in [3.63, 3.8) is 0 Å². The molecule has 110 valence electrons. The van der Waals surface area contributed by atoms with Gasteiger partial charge >= 0.3 is 0 Å². The Morgan fingerprint density at radius 1 is 1.14 bits per heavy atom. The highest BCUT2D eigenvalue weighted by Crippen LogP contribution is 2.27. The summed E-state index contributed by atoms with van der Waals surface area (Å²) in [4.78, 5) is 19.2. The Morgan fingerprint density at radius 3 is 2.86 bits per heavy atom. The van der Waals surface area contributed by atoms with Crippen LogP contribution >= 0.6 is 0 Å². The summed E-state index contributed by atoms with van der Waals surface area (Å²) in [5.41, 5.74) is 1.70. The molecule has 0 aromatic carbocycles. The van der Waals surface area contributed by atoms with Gasteiger partial charge in [0.15, 0.2) is 0 Å². The summed E-state index contributed by atoms with van der Waals surface area (Å²) in [6, 6.07) is 5.96. The van der Waals surface area contributed by atoms with Gasteiger partial charge in [-0.1, -0.05) is 11.2 Å². The second kappa shape index (κ2) is 5.61. The van der Waals surface area contributed by atoms with Gasteiger partial charge in [0, 0.05) is 38.2 Å². The quantitative estimate of drug-likeness (QED) is 0.721. The van der Waals surface area contributed by atoms with Crippen LogP contribution in [0.4, 0.5) is 0 Å². The van der Waals surface area contributed by atoms with E-state index < -0.39 is 0 Å². The molecule has 0 atom stereocenters. The third-order valence-electron chi connectivity index (χ3n) is 3.65. The standard InChI is InChI=1S/C15H14N6O/c1-2-4-17-12(3-1)10-21-8-11(9-21)15-19-14(20-22-15)13-7-16-5-6-18-13/h1-7,11H,8-10H2. The number of pyridine rings is 1. The first-order valence-electron chi connectivity index (χ1n) is 7.11. The lowest BCUT2D eigenvalue weighted by atomic mass is 10.00. The molecule has 0 radical (unpaired) electrons. The predicted octanol–water partition coefficient (Wildman–Crippen LogP) is 1.52. The zero-order valence-corrected chi connectivity index (χ0v) is 11.8. The molecule has 7 nitrogen and oxygen atoms in total. The van der Waals surface area contributed by atoms with Crippen LogP contribution < -0.4 is 0 Å². The molecule has 0 unspecified atom stereocenters. The molecule has 3 aromatic heterocycles. The highest BCUT2D eigenvalue weighted by Gasteiger charge is 2.32. The van der Waals surface area contributed by atoms with E-state index in [2.05, 4.69) is 30.0 Å². The number of hydrogen-bond acceptors (Lipinski definition) is 7. The summed E-state index contributed by atoms with van der Waals surface area (Å²) in [5.74, 6) is 1.44. The van der Waals surface area contributed by atoms with Gasteiger partial charge in [0.1, 0.15) is 5.69 Å². The normalized spacial score (nSPS) is 15.6. The average Bonchev–Trinajstić information content (AvgIpc) is 3.02. The van der Waals surface area contributed by atoms with E-state index >= 15 is 0 Å². The van der Waals surface area contributed by atoms with Crippen LogP contribution in [-0.4, -0.2) is 43.1 Å². The van der Waals surface area contributed by atoms with Crippen molar-refractivity contribution >= 4 is 0 Å². The summed E-state index contributed by atoms with van der Waals surface area (Å²) >= 11 is 0. The molecule has 1 saturated heterocycles. The van der Waals surface area contributed by atoms with E-state index in [4.69, 9.17) is 4.52 Å². The molecule has 0 spiro atoms. The van der Waals surface area contributed by atoms with Crippen molar-refractivity contribution in [3.05, 3.63) is 54.6 Å². The highest BCUT2D eigenvalue weighted by atomic mass is 16.5. The monoisotopic (exact) mass is 294 g/mol. The second-order valence-electron chi connectivity index (χ2n) is 5.26. The van der Waals surface area contributed by atoms with Crippen LogP contribution in [0.15, 0.2) is 47.5 Å². The van der Waals surface area contributed by atoms with Crippen molar-refractivity contribution in [3.8, 4) is 11.5 Å². The molecular weight excluding hydrogens is 280 g/mol. The predicted molar refractivity (Wildman–Crippen MR) is 77.6 cm³/mol. The van der Waals surface area contributed by atoms with Crippen LogP contribution in [-0.2, 0) is 6.54 Å². The zero-order chi connectivity index (χ0) is 14.8. The summed E-state index contributed by atoms with van der Waals surface area (Å²) in [5, 5.41) is 3.98. The van der Waals surface area contributed by atoms with Crippen molar-refractivity contribution in [2.24, 2.45) is 0 Å². The lowest BCUT2D eigenvalue weighted by Gasteiger charge is -2.36. The first-order chi connectivity index (χ1) is 10.9.